The number of anilines is 1. The number of urea groups is 1. The molecule has 2 aromatic rings. The largest absolute Gasteiger partial charge is 0.368 e. The van der Waals surface area contributed by atoms with Crippen LogP contribution in [0.5, 0.6) is 0 Å². The lowest BCUT2D eigenvalue weighted by molar-refractivity contribution is -0.119. The lowest BCUT2D eigenvalue weighted by atomic mass is 10.1. The SMILES string of the molecule is NC(=O)[C@H]1Cc2ccccc2N1C(=O)NCc1ccccc1. The third-order valence-corrected chi connectivity index (χ3v) is 3.81. The molecular formula is C17H17N3O2. The molecular weight excluding hydrogens is 278 g/mol. The Labute approximate surface area is 128 Å². The van der Waals surface area contributed by atoms with Crippen LogP contribution in [-0.2, 0) is 17.8 Å². The molecule has 0 unspecified atom stereocenters. The molecule has 0 aromatic heterocycles. The Hall–Kier alpha value is -2.82. The summed E-state index contributed by atoms with van der Waals surface area (Å²) in [5, 5.41) is 2.85. The molecule has 3 rings (SSSR count). The van der Waals surface area contributed by atoms with Gasteiger partial charge in [0.05, 0.1) is 0 Å². The summed E-state index contributed by atoms with van der Waals surface area (Å²) in [6, 6.07) is 16.2. The fourth-order valence-electron chi connectivity index (χ4n) is 2.72. The number of nitrogens with one attached hydrogen (secondary N) is 1. The number of nitrogens with zero attached hydrogens (tertiary/aromatic N) is 1. The van der Waals surface area contributed by atoms with Gasteiger partial charge in [0.2, 0.25) is 5.91 Å². The summed E-state index contributed by atoms with van der Waals surface area (Å²) in [5.41, 5.74) is 8.16. The van der Waals surface area contributed by atoms with E-state index in [1.54, 1.807) is 0 Å². The minimum atomic E-state index is -0.631. The first-order valence-electron chi connectivity index (χ1n) is 7.15. The lowest BCUT2D eigenvalue weighted by Gasteiger charge is -2.23. The average molecular weight is 295 g/mol. The minimum absolute atomic E-state index is 0.308. The Bertz CT molecular complexity index is 700. The predicted molar refractivity (Wildman–Crippen MR) is 84.3 cm³/mol. The molecule has 0 bridgehead atoms. The smallest absolute Gasteiger partial charge is 0.322 e. The molecule has 2 aromatic carbocycles. The molecule has 3 N–H and O–H groups in total. The normalized spacial score (nSPS) is 16.2. The number of hydrogen-bond donors (Lipinski definition) is 2. The van der Waals surface area contributed by atoms with Crippen molar-refractivity contribution in [2.45, 2.75) is 19.0 Å². The average Bonchev–Trinajstić information content (AvgIpc) is 2.93. The van der Waals surface area contributed by atoms with Crippen LogP contribution in [0.3, 0.4) is 0 Å². The second-order valence-corrected chi connectivity index (χ2v) is 5.27. The Morgan fingerprint density at radius 1 is 1.09 bits per heavy atom. The van der Waals surface area contributed by atoms with Gasteiger partial charge in [0.25, 0.3) is 0 Å². The first kappa shape index (κ1) is 14.1. The van der Waals surface area contributed by atoms with Crippen LogP contribution in [0.25, 0.3) is 0 Å². The summed E-state index contributed by atoms with van der Waals surface area (Å²) in [6.07, 6.45) is 0.463. The summed E-state index contributed by atoms with van der Waals surface area (Å²) >= 11 is 0. The number of fused-ring (bicyclic) bond motifs is 1. The Morgan fingerprint density at radius 2 is 1.77 bits per heavy atom. The van der Waals surface area contributed by atoms with Crippen LogP contribution in [0, 0.1) is 0 Å². The number of amides is 3. The van der Waals surface area contributed by atoms with Crippen LogP contribution in [0.4, 0.5) is 10.5 Å². The Morgan fingerprint density at radius 3 is 2.50 bits per heavy atom. The molecule has 1 atom stereocenters. The molecule has 22 heavy (non-hydrogen) atoms. The number of nitrogens with two attached hydrogens (primary N) is 1. The highest BCUT2D eigenvalue weighted by atomic mass is 16.2. The Balaban J connectivity index is 1.78. The van der Waals surface area contributed by atoms with Gasteiger partial charge in [-0.1, -0.05) is 48.5 Å². The molecule has 0 fully saturated rings. The topological polar surface area (TPSA) is 75.4 Å². The van der Waals surface area contributed by atoms with E-state index < -0.39 is 11.9 Å². The highest BCUT2D eigenvalue weighted by molar-refractivity contribution is 6.02. The van der Waals surface area contributed by atoms with Gasteiger partial charge in [-0.25, -0.2) is 4.79 Å². The van der Waals surface area contributed by atoms with E-state index in [1.165, 1.54) is 4.90 Å². The first-order valence-corrected chi connectivity index (χ1v) is 7.15. The van der Waals surface area contributed by atoms with Crippen molar-refractivity contribution in [2.24, 2.45) is 5.73 Å². The molecule has 0 saturated heterocycles. The van der Waals surface area contributed by atoms with Gasteiger partial charge in [-0.3, -0.25) is 9.69 Å². The van der Waals surface area contributed by atoms with E-state index in [-0.39, 0.29) is 6.03 Å². The van der Waals surface area contributed by atoms with E-state index >= 15 is 0 Å². The van der Waals surface area contributed by atoms with Gasteiger partial charge in [0, 0.05) is 18.7 Å². The zero-order valence-corrected chi connectivity index (χ0v) is 12.0. The van der Waals surface area contributed by atoms with E-state index in [0.29, 0.717) is 13.0 Å². The number of rotatable bonds is 3. The monoisotopic (exact) mass is 295 g/mol. The van der Waals surface area contributed by atoms with Gasteiger partial charge in [0.15, 0.2) is 0 Å². The van der Waals surface area contributed by atoms with Crippen LogP contribution >= 0.6 is 0 Å². The molecule has 0 spiro atoms. The van der Waals surface area contributed by atoms with E-state index in [2.05, 4.69) is 5.32 Å². The summed E-state index contributed by atoms with van der Waals surface area (Å²) in [4.78, 5) is 25.6. The van der Waals surface area contributed by atoms with Crippen molar-refractivity contribution < 1.29 is 9.59 Å². The second kappa shape index (κ2) is 5.89. The highest BCUT2D eigenvalue weighted by Gasteiger charge is 2.36. The number of carbonyl (C=O) groups excluding carboxylic acids is 2. The van der Waals surface area contributed by atoms with Gasteiger partial charge in [0.1, 0.15) is 6.04 Å². The molecule has 0 radical (unpaired) electrons. The van der Waals surface area contributed by atoms with E-state index in [0.717, 1.165) is 16.8 Å². The van der Waals surface area contributed by atoms with Gasteiger partial charge in [-0.2, -0.15) is 0 Å². The lowest BCUT2D eigenvalue weighted by Crippen LogP contribution is -2.50. The van der Waals surface area contributed by atoms with Gasteiger partial charge in [-0.05, 0) is 17.2 Å². The van der Waals surface area contributed by atoms with Gasteiger partial charge in [-0.15, -0.1) is 0 Å². The number of carbonyl (C=O) groups is 2. The molecule has 0 aliphatic carbocycles. The van der Waals surface area contributed by atoms with Crippen molar-refractivity contribution in [1.82, 2.24) is 5.32 Å². The van der Waals surface area contributed by atoms with Crippen LogP contribution in [-0.4, -0.2) is 18.0 Å². The van der Waals surface area contributed by atoms with Crippen LogP contribution < -0.4 is 16.0 Å². The van der Waals surface area contributed by atoms with E-state index in [1.807, 2.05) is 54.6 Å². The standard InChI is InChI=1S/C17H17N3O2/c18-16(21)15-10-13-8-4-5-9-14(13)20(15)17(22)19-11-12-6-2-1-3-7-12/h1-9,15H,10-11H2,(H2,18,21)(H,19,22)/t15-/m1/s1. The molecule has 1 aliphatic rings. The molecule has 0 saturated carbocycles. The summed E-state index contributed by atoms with van der Waals surface area (Å²) in [7, 11) is 0. The zero-order chi connectivity index (χ0) is 15.5. The predicted octanol–water partition coefficient (Wildman–Crippen LogP) is 1.81. The molecule has 3 amide bonds. The second-order valence-electron chi connectivity index (χ2n) is 5.27. The number of benzene rings is 2. The van der Waals surface area contributed by atoms with Gasteiger partial charge >= 0.3 is 6.03 Å². The van der Waals surface area contributed by atoms with E-state index in [4.69, 9.17) is 5.73 Å². The fraction of sp³-hybridized carbons (Fsp3) is 0.176. The maximum atomic E-state index is 12.5. The van der Waals surface area contributed by atoms with Crippen molar-refractivity contribution in [3.63, 3.8) is 0 Å². The zero-order valence-electron chi connectivity index (χ0n) is 12.0. The van der Waals surface area contributed by atoms with Crippen molar-refractivity contribution in [2.75, 3.05) is 4.90 Å². The van der Waals surface area contributed by atoms with Gasteiger partial charge < -0.3 is 11.1 Å². The maximum Gasteiger partial charge on any atom is 0.322 e. The molecule has 5 heteroatoms. The number of para-hydroxylation sites is 1. The molecule has 112 valence electrons. The minimum Gasteiger partial charge on any atom is -0.368 e. The molecule has 1 heterocycles. The Kier molecular flexibility index (Phi) is 3.78. The first-order chi connectivity index (χ1) is 10.7. The van der Waals surface area contributed by atoms with Crippen molar-refractivity contribution >= 4 is 17.6 Å². The van der Waals surface area contributed by atoms with Crippen LogP contribution in [0.2, 0.25) is 0 Å². The maximum absolute atomic E-state index is 12.5. The number of primary amides is 1. The number of hydrogen-bond acceptors (Lipinski definition) is 2. The third-order valence-electron chi connectivity index (χ3n) is 3.81. The molecule has 5 nitrogen and oxygen atoms in total. The fourth-order valence-corrected chi connectivity index (χ4v) is 2.72. The van der Waals surface area contributed by atoms with Crippen molar-refractivity contribution in [3.05, 3.63) is 65.7 Å². The third kappa shape index (κ3) is 2.65. The van der Waals surface area contributed by atoms with Crippen molar-refractivity contribution in [1.29, 1.82) is 0 Å². The van der Waals surface area contributed by atoms with Crippen molar-refractivity contribution in [3.8, 4) is 0 Å². The van der Waals surface area contributed by atoms with Crippen LogP contribution in [0.15, 0.2) is 54.6 Å². The van der Waals surface area contributed by atoms with E-state index in [9.17, 15) is 9.59 Å². The van der Waals surface area contributed by atoms with Crippen LogP contribution in [0.1, 0.15) is 11.1 Å². The highest BCUT2D eigenvalue weighted by Crippen LogP contribution is 2.31. The summed E-state index contributed by atoms with van der Waals surface area (Å²) in [5.74, 6) is -0.494. The summed E-state index contributed by atoms with van der Waals surface area (Å²) in [6.45, 7) is 0.407. The molecule has 1 aliphatic heterocycles. The summed E-state index contributed by atoms with van der Waals surface area (Å²) < 4.78 is 0. The quantitative estimate of drug-likeness (QED) is 0.906.